The van der Waals surface area contributed by atoms with Crippen molar-refractivity contribution in [1.82, 2.24) is 0 Å². The Morgan fingerprint density at radius 2 is 2.20 bits per heavy atom. The summed E-state index contributed by atoms with van der Waals surface area (Å²) in [5, 5.41) is 8.34. The van der Waals surface area contributed by atoms with Crippen LogP contribution in [0.15, 0.2) is 18.2 Å². The van der Waals surface area contributed by atoms with Gasteiger partial charge in [0.2, 0.25) is 0 Å². The second-order valence-corrected chi connectivity index (χ2v) is 2.08. The van der Waals surface area contributed by atoms with Gasteiger partial charge in [0.25, 0.3) is 0 Å². The number of hydrogen-bond donors (Lipinski definition) is 0. The molecule has 3 heteroatoms. The molecule has 0 amide bonds. The molecule has 0 atom stereocenters. The molecule has 0 saturated heterocycles. The summed E-state index contributed by atoms with van der Waals surface area (Å²) in [4.78, 5) is 0. The fourth-order valence-electron chi connectivity index (χ4n) is 0.662. The molecule has 0 unspecified atom stereocenters. The molecule has 1 nitrogen and oxygen atoms in total. The maximum absolute atomic E-state index is 12.6. The van der Waals surface area contributed by atoms with Crippen LogP contribution in [-0.2, 0) is 0 Å². The van der Waals surface area contributed by atoms with Gasteiger partial charge < -0.3 is 0 Å². The number of halogens is 1. The first kappa shape index (κ1) is 6.82. The van der Waals surface area contributed by atoms with Crippen molar-refractivity contribution in [2.24, 2.45) is 0 Å². The minimum absolute atomic E-state index is 0.320. The molecule has 1 aromatic rings. The Hall–Kier alpha value is -1.30. The van der Waals surface area contributed by atoms with E-state index in [9.17, 15) is 4.39 Å². The van der Waals surface area contributed by atoms with Crippen LogP contribution in [0.3, 0.4) is 0 Å². The van der Waals surface area contributed by atoms with Crippen molar-refractivity contribution in [3.63, 3.8) is 0 Å². The zero-order valence-corrected chi connectivity index (χ0v) is 5.56. The van der Waals surface area contributed by atoms with Gasteiger partial charge in [-0.25, -0.2) is 4.39 Å². The largest absolute Gasteiger partial charge is 0.208 e. The van der Waals surface area contributed by atoms with Gasteiger partial charge in [0.1, 0.15) is 13.7 Å². The third-order valence-electron chi connectivity index (χ3n) is 1.30. The van der Waals surface area contributed by atoms with Gasteiger partial charge in [0.15, 0.2) is 0 Å². The average Bonchev–Trinajstić information content (AvgIpc) is 1.95. The van der Waals surface area contributed by atoms with E-state index in [-0.39, 0.29) is 5.82 Å². The lowest BCUT2D eigenvalue weighted by atomic mass is 9.95. The van der Waals surface area contributed by atoms with Gasteiger partial charge in [-0.2, -0.15) is 5.26 Å². The highest BCUT2D eigenvalue weighted by atomic mass is 19.1. The fourth-order valence-corrected chi connectivity index (χ4v) is 0.662. The predicted molar refractivity (Wildman–Crippen MR) is 39.3 cm³/mol. The molecule has 0 bridgehead atoms. The van der Waals surface area contributed by atoms with Crippen molar-refractivity contribution in [3.05, 3.63) is 29.6 Å². The summed E-state index contributed by atoms with van der Waals surface area (Å²) in [5.41, 5.74) is 0.933. The molecule has 0 fully saturated rings. The van der Waals surface area contributed by atoms with Crippen molar-refractivity contribution in [1.29, 1.82) is 5.26 Å². The Labute approximate surface area is 59.5 Å². The Bertz CT molecular complexity index is 290. The number of nitrogens with zero attached hydrogens (tertiary/aromatic N) is 1. The van der Waals surface area contributed by atoms with Gasteiger partial charge in [-0.05, 0) is 12.1 Å². The minimum Gasteiger partial charge on any atom is -0.208 e. The third kappa shape index (κ3) is 1.16. The molecule has 0 aromatic heterocycles. The summed E-state index contributed by atoms with van der Waals surface area (Å²) in [6.45, 7) is 0. The fraction of sp³-hybridized carbons (Fsp3) is 0. The molecular formula is C7H5BFN. The molecule has 0 N–H and O–H groups in total. The van der Waals surface area contributed by atoms with Crippen LogP contribution >= 0.6 is 0 Å². The normalized spacial score (nSPS) is 8.80. The zero-order chi connectivity index (χ0) is 7.56. The molecule has 0 spiro atoms. The number of nitriles is 1. The molecule has 1 aromatic carbocycles. The first-order valence-electron chi connectivity index (χ1n) is 2.90. The molecule has 48 valence electrons. The van der Waals surface area contributed by atoms with E-state index >= 15 is 0 Å². The van der Waals surface area contributed by atoms with Crippen LogP contribution in [-0.4, -0.2) is 7.85 Å². The average molecular weight is 133 g/mol. The van der Waals surface area contributed by atoms with Gasteiger partial charge in [0, 0.05) is 0 Å². The van der Waals surface area contributed by atoms with E-state index in [1.807, 2.05) is 6.07 Å². The first-order chi connectivity index (χ1) is 4.74. The van der Waals surface area contributed by atoms with Crippen LogP contribution in [0.1, 0.15) is 5.56 Å². The van der Waals surface area contributed by atoms with Crippen molar-refractivity contribution in [2.45, 2.75) is 0 Å². The van der Waals surface area contributed by atoms with E-state index in [2.05, 4.69) is 0 Å². The number of rotatable bonds is 0. The summed E-state index contributed by atoms with van der Waals surface area (Å²) >= 11 is 0. The SMILES string of the molecule is Bc1ccc(C#N)cc1F. The summed E-state index contributed by atoms with van der Waals surface area (Å²) in [5.74, 6) is -0.320. The third-order valence-corrected chi connectivity index (χ3v) is 1.30. The van der Waals surface area contributed by atoms with Crippen LogP contribution in [0, 0.1) is 17.1 Å². The topological polar surface area (TPSA) is 23.8 Å². The molecule has 0 heterocycles. The Morgan fingerprint density at radius 3 is 2.70 bits per heavy atom. The highest BCUT2D eigenvalue weighted by molar-refractivity contribution is 6.32. The second kappa shape index (κ2) is 2.53. The lowest BCUT2D eigenvalue weighted by Gasteiger charge is -1.93. The molecular weight excluding hydrogens is 128 g/mol. The van der Waals surface area contributed by atoms with E-state index in [1.165, 1.54) is 6.07 Å². The highest BCUT2D eigenvalue weighted by Gasteiger charge is 1.96. The van der Waals surface area contributed by atoms with Crippen molar-refractivity contribution < 1.29 is 4.39 Å². The summed E-state index contributed by atoms with van der Waals surface area (Å²) < 4.78 is 12.6. The monoisotopic (exact) mass is 133 g/mol. The van der Waals surface area contributed by atoms with Gasteiger partial charge in [-0.15, -0.1) is 0 Å². The van der Waals surface area contributed by atoms with Crippen LogP contribution in [0.5, 0.6) is 0 Å². The first-order valence-corrected chi connectivity index (χ1v) is 2.90. The van der Waals surface area contributed by atoms with Crippen LogP contribution in [0.2, 0.25) is 0 Å². The Kier molecular flexibility index (Phi) is 1.72. The molecule has 0 aliphatic carbocycles. The zero-order valence-electron chi connectivity index (χ0n) is 5.56. The van der Waals surface area contributed by atoms with Gasteiger partial charge in [0.05, 0.1) is 11.6 Å². The highest BCUT2D eigenvalue weighted by Crippen LogP contribution is 1.97. The molecule has 0 aliphatic rings. The molecule has 10 heavy (non-hydrogen) atoms. The lowest BCUT2D eigenvalue weighted by molar-refractivity contribution is 0.635. The van der Waals surface area contributed by atoms with E-state index in [1.54, 1.807) is 20.0 Å². The van der Waals surface area contributed by atoms with Crippen LogP contribution in [0.25, 0.3) is 0 Å². The summed E-state index contributed by atoms with van der Waals surface area (Å²) in [6, 6.07) is 6.27. The Morgan fingerprint density at radius 1 is 1.50 bits per heavy atom. The number of hydrogen-bond acceptors (Lipinski definition) is 1. The minimum atomic E-state index is -0.320. The van der Waals surface area contributed by atoms with Crippen LogP contribution in [0.4, 0.5) is 4.39 Å². The van der Waals surface area contributed by atoms with E-state index < -0.39 is 0 Å². The van der Waals surface area contributed by atoms with E-state index in [4.69, 9.17) is 5.26 Å². The lowest BCUT2D eigenvalue weighted by Crippen LogP contribution is -2.07. The van der Waals surface area contributed by atoms with E-state index in [0.717, 1.165) is 0 Å². The molecule has 0 radical (unpaired) electrons. The number of benzene rings is 1. The van der Waals surface area contributed by atoms with E-state index in [0.29, 0.717) is 11.0 Å². The Balaban J connectivity index is 3.20. The standard InChI is InChI=1S/C7H5BFN/c8-6-2-1-5(4-10)3-7(6)9/h1-3H,8H2. The molecule has 1 rings (SSSR count). The summed E-state index contributed by atoms with van der Waals surface area (Å²) in [7, 11) is 1.66. The van der Waals surface area contributed by atoms with Crippen molar-refractivity contribution in [2.75, 3.05) is 0 Å². The maximum Gasteiger partial charge on any atom is 0.143 e. The van der Waals surface area contributed by atoms with Crippen LogP contribution < -0.4 is 5.46 Å². The maximum atomic E-state index is 12.6. The smallest absolute Gasteiger partial charge is 0.143 e. The van der Waals surface area contributed by atoms with Gasteiger partial charge >= 0.3 is 0 Å². The molecule has 0 saturated carbocycles. The van der Waals surface area contributed by atoms with Crippen molar-refractivity contribution >= 4 is 13.3 Å². The van der Waals surface area contributed by atoms with Gasteiger partial charge in [-0.1, -0.05) is 11.5 Å². The molecule has 0 aliphatic heterocycles. The van der Waals surface area contributed by atoms with Gasteiger partial charge in [-0.3, -0.25) is 0 Å². The summed E-state index contributed by atoms with van der Waals surface area (Å²) in [6.07, 6.45) is 0. The quantitative estimate of drug-likeness (QED) is 0.455. The predicted octanol–water partition coefficient (Wildman–Crippen LogP) is -0.0442. The van der Waals surface area contributed by atoms with Crippen molar-refractivity contribution in [3.8, 4) is 6.07 Å². The second-order valence-electron chi connectivity index (χ2n) is 2.08.